The molecule has 55 heavy (non-hydrogen) atoms. The maximum atomic E-state index is 13.3. The van der Waals surface area contributed by atoms with Gasteiger partial charge in [0.1, 0.15) is 24.2 Å². The normalized spacial score (nSPS) is 17.7. The molecule has 0 amide bonds. The molecule has 6 nitrogen and oxygen atoms in total. The highest BCUT2D eigenvalue weighted by Gasteiger charge is 2.38. The number of unbranched alkanes of at least 4 members (excludes halogenated alkanes) is 20. The molecule has 1 aliphatic carbocycles. The third-order valence-electron chi connectivity index (χ3n) is 11.1. The van der Waals surface area contributed by atoms with Crippen molar-refractivity contribution in [3.8, 4) is 0 Å². The van der Waals surface area contributed by atoms with E-state index in [4.69, 9.17) is 18.9 Å². The van der Waals surface area contributed by atoms with E-state index in [0.717, 1.165) is 76.9 Å². The monoisotopic (exact) mass is 775 g/mol. The van der Waals surface area contributed by atoms with Gasteiger partial charge in [0.05, 0.1) is 6.42 Å². The molecule has 6 heteroatoms. The van der Waals surface area contributed by atoms with Gasteiger partial charge in [0.2, 0.25) is 0 Å². The fourth-order valence-corrected chi connectivity index (χ4v) is 7.59. The number of aliphatic hydroxyl groups excluding tert-OH is 1. The Hall–Kier alpha value is -1.79. The van der Waals surface area contributed by atoms with Crippen LogP contribution in [-0.4, -0.2) is 42.8 Å². The molecule has 0 aromatic heterocycles. The van der Waals surface area contributed by atoms with Gasteiger partial charge in [-0.05, 0) is 70.1 Å². The van der Waals surface area contributed by atoms with Crippen molar-refractivity contribution >= 4 is 5.97 Å². The molecule has 1 fully saturated rings. The summed E-state index contributed by atoms with van der Waals surface area (Å²) in [5.74, 6) is 0.785. The van der Waals surface area contributed by atoms with E-state index in [1.54, 1.807) is 0 Å². The lowest BCUT2D eigenvalue weighted by atomic mass is 9.97. The van der Waals surface area contributed by atoms with Crippen molar-refractivity contribution in [2.75, 3.05) is 13.2 Å². The number of allylic oxidation sites excluding steroid dienone is 5. The number of ether oxygens (including phenoxy) is 4. The summed E-state index contributed by atoms with van der Waals surface area (Å²) < 4.78 is 24.9. The van der Waals surface area contributed by atoms with Crippen molar-refractivity contribution in [2.45, 2.75) is 252 Å². The Labute approximate surface area is 341 Å². The SMILES string of the molecule is CCCCC/C=C\C/C=C\CCCCCCCC1CC(OC(=CO)CCCCC)CC1OC(=O)CCC(OCCCCCCCC)OCCCCCCCC. The van der Waals surface area contributed by atoms with E-state index in [2.05, 4.69) is 52.0 Å². The maximum Gasteiger partial charge on any atom is 0.306 e. The zero-order valence-corrected chi connectivity index (χ0v) is 36.7. The van der Waals surface area contributed by atoms with Gasteiger partial charge in [-0.3, -0.25) is 4.79 Å². The first-order valence-corrected chi connectivity index (χ1v) is 23.8. The molecule has 0 saturated heterocycles. The molecular weight excluding hydrogens is 685 g/mol. The average Bonchev–Trinajstić information content (AvgIpc) is 3.56. The molecule has 322 valence electrons. The molecule has 0 spiro atoms. The minimum atomic E-state index is -0.359. The number of rotatable bonds is 40. The summed E-state index contributed by atoms with van der Waals surface area (Å²) in [5.41, 5.74) is 0. The van der Waals surface area contributed by atoms with Crippen molar-refractivity contribution in [3.05, 3.63) is 36.3 Å². The summed E-state index contributed by atoms with van der Waals surface area (Å²) in [6.45, 7) is 10.3. The Bertz CT molecular complexity index is 910. The van der Waals surface area contributed by atoms with Gasteiger partial charge in [-0.2, -0.15) is 0 Å². The number of hydrogen-bond acceptors (Lipinski definition) is 6. The molecule has 1 rings (SSSR count). The fraction of sp³-hybridized carbons (Fsp3) is 0.857. The van der Waals surface area contributed by atoms with Crippen molar-refractivity contribution in [2.24, 2.45) is 5.92 Å². The number of esters is 1. The number of carbonyl (C=O) groups is 1. The Kier molecular flexibility index (Phi) is 36.4. The van der Waals surface area contributed by atoms with E-state index in [1.165, 1.54) is 116 Å². The van der Waals surface area contributed by atoms with E-state index in [1.807, 2.05) is 0 Å². The van der Waals surface area contributed by atoms with Crippen LogP contribution in [0, 0.1) is 5.92 Å². The van der Waals surface area contributed by atoms with Crippen LogP contribution in [0.15, 0.2) is 36.3 Å². The molecule has 0 aliphatic heterocycles. The molecule has 1 N–H and O–H groups in total. The quantitative estimate of drug-likeness (QED) is 0.0220. The van der Waals surface area contributed by atoms with Gasteiger partial charge in [-0.15, -0.1) is 0 Å². The van der Waals surface area contributed by atoms with Crippen LogP contribution in [-0.2, 0) is 23.7 Å². The second-order valence-corrected chi connectivity index (χ2v) is 16.3. The van der Waals surface area contributed by atoms with E-state index in [0.29, 0.717) is 38.2 Å². The second kappa shape index (κ2) is 39.1. The first-order chi connectivity index (χ1) is 27.1. The summed E-state index contributed by atoms with van der Waals surface area (Å²) in [4.78, 5) is 13.3. The van der Waals surface area contributed by atoms with Gasteiger partial charge < -0.3 is 24.1 Å². The summed E-state index contributed by atoms with van der Waals surface area (Å²) >= 11 is 0. The first kappa shape index (κ1) is 51.2. The van der Waals surface area contributed by atoms with Gasteiger partial charge in [-0.25, -0.2) is 0 Å². The second-order valence-electron chi connectivity index (χ2n) is 16.3. The summed E-state index contributed by atoms with van der Waals surface area (Å²) in [5, 5.41) is 9.89. The lowest BCUT2D eigenvalue weighted by Crippen LogP contribution is -2.25. The third-order valence-corrected chi connectivity index (χ3v) is 11.1. The topological polar surface area (TPSA) is 74.2 Å². The van der Waals surface area contributed by atoms with Gasteiger partial charge >= 0.3 is 5.97 Å². The van der Waals surface area contributed by atoms with Gasteiger partial charge in [0, 0.05) is 32.5 Å². The average molecular weight is 775 g/mol. The van der Waals surface area contributed by atoms with Crippen LogP contribution < -0.4 is 0 Å². The molecule has 0 radical (unpaired) electrons. The highest BCUT2D eigenvalue weighted by Crippen LogP contribution is 2.36. The predicted octanol–water partition coefficient (Wildman–Crippen LogP) is 15.3. The van der Waals surface area contributed by atoms with Crippen LogP contribution in [0.25, 0.3) is 0 Å². The molecule has 0 heterocycles. The Balaban J connectivity index is 2.60. The Morgan fingerprint density at radius 1 is 0.582 bits per heavy atom. The zero-order valence-electron chi connectivity index (χ0n) is 36.7. The fourth-order valence-electron chi connectivity index (χ4n) is 7.59. The molecule has 1 aliphatic rings. The number of hydrogen-bond donors (Lipinski definition) is 1. The Morgan fingerprint density at radius 2 is 1.09 bits per heavy atom. The van der Waals surface area contributed by atoms with Crippen LogP contribution in [0.2, 0.25) is 0 Å². The lowest BCUT2D eigenvalue weighted by molar-refractivity contribution is -0.163. The molecule has 0 aromatic carbocycles. The van der Waals surface area contributed by atoms with Crippen LogP contribution in [0.5, 0.6) is 0 Å². The van der Waals surface area contributed by atoms with Crippen LogP contribution in [0.3, 0.4) is 0 Å². The van der Waals surface area contributed by atoms with E-state index < -0.39 is 0 Å². The lowest BCUT2D eigenvalue weighted by Gasteiger charge is -2.21. The van der Waals surface area contributed by atoms with Gasteiger partial charge in [-0.1, -0.05) is 168 Å². The van der Waals surface area contributed by atoms with Crippen LogP contribution >= 0.6 is 0 Å². The highest BCUT2D eigenvalue weighted by atomic mass is 16.7. The highest BCUT2D eigenvalue weighted by molar-refractivity contribution is 5.69. The smallest absolute Gasteiger partial charge is 0.306 e. The standard InChI is InChI=1S/C49H90O6/c1-5-9-13-16-19-20-21-22-23-24-25-26-27-28-32-35-44-41-46(54-45(43-50)36-31-12-8-4)42-47(44)55-48(51)37-38-49(52-39-33-29-17-14-10-6-2)53-40-34-30-18-15-11-7-3/h19-20,22-23,43-44,46-47,49-50H,5-18,21,24-42H2,1-4H3/b20-19-,23-22-,45-43?. The van der Waals surface area contributed by atoms with Crippen LogP contribution in [0.1, 0.15) is 233 Å². The summed E-state index contributed by atoms with van der Waals surface area (Å²) in [6.07, 6.45) is 45.4. The van der Waals surface area contributed by atoms with Crippen molar-refractivity contribution < 1.29 is 28.8 Å². The van der Waals surface area contributed by atoms with E-state index in [9.17, 15) is 9.90 Å². The molecule has 0 bridgehead atoms. The van der Waals surface area contributed by atoms with Gasteiger partial charge in [0.25, 0.3) is 0 Å². The largest absolute Gasteiger partial charge is 0.512 e. The number of carbonyl (C=O) groups excluding carboxylic acids is 1. The minimum Gasteiger partial charge on any atom is -0.512 e. The summed E-state index contributed by atoms with van der Waals surface area (Å²) in [7, 11) is 0. The maximum absolute atomic E-state index is 13.3. The zero-order chi connectivity index (χ0) is 39.9. The van der Waals surface area contributed by atoms with E-state index in [-0.39, 0.29) is 30.4 Å². The van der Waals surface area contributed by atoms with Crippen molar-refractivity contribution in [1.82, 2.24) is 0 Å². The minimum absolute atomic E-state index is 0.0325. The van der Waals surface area contributed by atoms with Crippen LogP contribution in [0.4, 0.5) is 0 Å². The molecule has 1 saturated carbocycles. The van der Waals surface area contributed by atoms with E-state index >= 15 is 0 Å². The predicted molar refractivity (Wildman–Crippen MR) is 233 cm³/mol. The summed E-state index contributed by atoms with van der Waals surface area (Å²) in [6, 6.07) is 0. The molecule has 3 unspecified atom stereocenters. The van der Waals surface area contributed by atoms with Gasteiger partial charge in [0.15, 0.2) is 6.29 Å². The number of aliphatic hydroxyl groups is 1. The molecule has 3 atom stereocenters. The van der Waals surface area contributed by atoms with Crippen molar-refractivity contribution in [3.63, 3.8) is 0 Å². The third kappa shape index (κ3) is 31.0. The Morgan fingerprint density at radius 3 is 1.69 bits per heavy atom. The first-order valence-electron chi connectivity index (χ1n) is 23.8. The van der Waals surface area contributed by atoms with Crippen molar-refractivity contribution in [1.29, 1.82) is 0 Å². The molecule has 0 aromatic rings. The molecular formula is C49H90O6.